The average molecular weight is 420 g/mol. The van der Waals surface area contributed by atoms with Gasteiger partial charge in [-0.15, -0.1) is 0 Å². The number of quaternary nitrogens is 2. The molecule has 1 aromatic heterocycles. The maximum Gasteiger partial charge on any atom is 0.257 e. The molecular formula is C26H33N3O2+2. The Kier molecular flexibility index (Phi) is 6.85. The Balaban J connectivity index is 1.60. The lowest BCUT2D eigenvalue weighted by atomic mass is 10.1. The molecule has 0 amide bonds. The van der Waals surface area contributed by atoms with E-state index < -0.39 is 0 Å². The fourth-order valence-corrected chi connectivity index (χ4v) is 4.66. The zero-order valence-electron chi connectivity index (χ0n) is 18.7. The third-order valence-electron chi connectivity index (χ3n) is 6.20. The first-order chi connectivity index (χ1) is 15.2. The van der Waals surface area contributed by atoms with Gasteiger partial charge in [-0.2, -0.15) is 0 Å². The first-order valence-corrected chi connectivity index (χ1v) is 11.0. The highest BCUT2D eigenvalue weighted by atomic mass is 16.5. The van der Waals surface area contributed by atoms with Crippen molar-refractivity contribution in [3.8, 4) is 11.5 Å². The van der Waals surface area contributed by atoms with Gasteiger partial charge >= 0.3 is 0 Å². The summed E-state index contributed by atoms with van der Waals surface area (Å²) in [6.07, 6.45) is 1.51. The summed E-state index contributed by atoms with van der Waals surface area (Å²) in [6, 6.07) is 23.4. The number of pyridine rings is 1. The van der Waals surface area contributed by atoms with Crippen LogP contribution in [0.5, 0.6) is 11.5 Å². The fourth-order valence-electron chi connectivity index (χ4n) is 4.66. The molecule has 3 aromatic rings. The summed E-state index contributed by atoms with van der Waals surface area (Å²) in [4.78, 5) is 8.09. The van der Waals surface area contributed by atoms with Crippen molar-refractivity contribution >= 4 is 0 Å². The molecule has 0 spiro atoms. The van der Waals surface area contributed by atoms with Gasteiger partial charge in [0.2, 0.25) is 0 Å². The summed E-state index contributed by atoms with van der Waals surface area (Å²) in [5.41, 5.74) is 4.93. The first kappa shape index (κ1) is 21.3. The van der Waals surface area contributed by atoms with E-state index in [0.717, 1.165) is 43.4 Å². The van der Waals surface area contributed by atoms with Gasteiger partial charge in [0.25, 0.3) is 6.17 Å². The van der Waals surface area contributed by atoms with Gasteiger partial charge in [-0.1, -0.05) is 6.07 Å². The number of hydrogen-bond donors (Lipinski definition) is 2. The van der Waals surface area contributed by atoms with Gasteiger partial charge in [-0.3, -0.25) is 9.80 Å². The quantitative estimate of drug-likeness (QED) is 0.615. The fraction of sp³-hybridized carbons (Fsp3) is 0.346. The predicted octanol–water partition coefficient (Wildman–Crippen LogP) is 1.98. The average Bonchev–Trinajstić information content (AvgIpc) is 2.80. The van der Waals surface area contributed by atoms with E-state index in [9.17, 15) is 0 Å². The van der Waals surface area contributed by atoms with Crippen LogP contribution in [0.4, 0.5) is 0 Å². The minimum absolute atomic E-state index is 0.304. The Morgan fingerprint density at radius 2 is 1.29 bits per heavy atom. The van der Waals surface area contributed by atoms with Gasteiger partial charge in [0.05, 0.1) is 27.3 Å². The van der Waals surface area contributed by atoms with Crippen LogP contribution in [0.25, 0.3) is 0 Å². The van der Waals surface area contributed by atoms with Crippen LogP contribution < -0.4 is 19.3 Å². The molecule has 0 bridgehead atoms. The van der Waals surface area contributed by atoms with E-state index in [1.165, 1.54) is 23.2 Å². The molecule has 162 valence electrons. The summed E-state index contributed by atoms with van der Waals surface area (Å²) >= 11 is 0. The van der Waals surface area contributed by atoms with Crippen molar-refractivity contribution < 1.29 is 19.3 Å². The van der Waals surface area contributed by atoms with E-state index in [0.29, 0.717) is 6.17 Å². The molecule has 4 rings (SSSR count). The van der Waals surface area contributed by atoms with E-state index in [2.05, 4.69) is 73.7 Å². The van der Waals surface area contributed by atoms with Crippen molar-refractivity contribution in [3.63, 3.8) is 0 Å². The second kappa shape index (κ2) is 9.94. The zero-order valence-corrected chi connectivity index (χ0v) is 18.7. The van der Waals surface area contributed by atoms with Crippen LogP contribution in [0.2, 0.25) is 0 Å². The van der Waals surface area contributed by atoms with Crippen molar-refractivity contribution in [1.82, 2.24) is 4.98 Å². The summed E-state index contributed by atoms with van der Waals surface area (Å²) in [5.74, 6) is 1.81. The van der Waals surface area contributed by atoms with Crippen LogP contribution in [-0.2, 0) is 13.1 Å². The van der Waals surface area contributed by atoms with Crippen molar-refractivity contribution in [2.75, 3.05) is 27.3 Å². The predicted molar refractivity (Wildman–Crippen MR) is 121 cm³/mol. The molecule has 0 saturated carbocycles. The van der Waals surface area contributed by atoms with Crippen LogP contribution in [0.15, 0.2) is 66.7 Å². The van der Waals surface area contributed by atoms with Crippen LogP contribution in [0, 0.1) is 6.92 Å². The van der Waals surface area contributed by atoms with Crippen LogP contribution in [-0.4, -0.2) is 32.3 Å². The maximum atomic E-state index is 5.33. The van der Waals surface area contributed by atoms with E-state index in [1.807, 2.05) is 0 Å². The smallest absolute Gasteiger partial charge is 0.257 e. The molecular weight excluding hydrogens is 386 g/mol. The number of ether oxygens (including phenoxy) is 2. The van der Waals surface area contributed by atoms with E-state index in [1.54, 1.807) is 24.0 Å². The SMILES string of the molecule is COc1ccc(C[NH+]2CCC[NH+](Cc3ccc(OC)cc3)C2c2cccc(C)n2)cc1. The third-order valence-corrected chi connectivity index (χ3v) is 6.20. The van der Waals surface area contributed by atoms with Gasteiger partial charge in [-0.25, -0.2) is 4.98 Å². The highest BCUT2D eigenvalue weighted by molar-refractivity contribution is 5.27. The molecule has 1 aliphatic rings. The highest BCUT2D eigenvalue weighted by Gasteiger charge is 2.38. The van der Waals surface area contributed by atoms with Gasteiger partial charge in [0.1, 0.15) is 24.6 Å². The molecule has 2 unspecified atom stereocenters. The molecule has 1 aliphatic heterocycles. The lowest BCUT2D eigenvalue weighted by Gasteiger charge is -2.38. The highest BCUT2D eigenvalue weighted by Crippen LogP contribution is 2.13. The Hall–Kier alpha value is -2.89. The Bertz CT molecular complexity index is 915. The van der Waals surface area contributed by atoms with E-state index in [-0.39, 0.29) is 0 Å². The lowest BCUT2D eigenvalue weighted by Crippen LogP contribution is -3.32. The lowest BCUT2D eigenvalue weighted by molar-refractivity contribution is -1.16. The minimum atomic E-state index is 0.304. The zero-order chi connectivity index (χ0) is 21.6. The molecule has 0 radical (unpaired) electrons. The Morgan fingerprint density at radius 1 is 0.774 bits per heavy atom. The van der Waals surface area contributed by atoms with Crippen molar-refractivity contribution in [3.05, 3.63) is 89.2 Å². The normalized spacial score (nSPS) is 20.9. The van der Waals surface area contributed by atoms with Crippen LogP contribution in [0.3, 0.4) is 0 Å². The number of methoxy groups -OCH3 is 2. The second-order valence-corrected chi connectivity index (χ2v) is 8.36. The number of aryl methyl sites for hydroxylation is 1. The van der Waals surface area contributed by atoms with Crippen molar-refractivity contribution in [2.24, 2.45) is 0 Å². The van der Waals surface area contributed by atoms with Crippen LogP contribution >= 0.6 is 0 Å². The van der Waals surface area contributed by atoms with Crippen molar-refractivity contribution in [2.45, 2.75) is 32.6 Å². The number of hydrogen-bond acceptors (Lipinski definition) is 3. The number of aromatic nitrogens is 1. The number of nitrogens with zero attached hydrogens (tertiary/aromatic N) is 1. The number of rotatable bonds is 7. The summed E-state index contributed by atoms with van der Waals surface area (Å²) in [6.45, 7) is 6.35. The molecule has 1 saturated heterocycles. The summed E-state index contributed by atoms with van der Waals surface area (Å²) in [5, 5.41) is 0. The molecule has 2 atom stereocenters. The van der Waals surface area contributed by atoms with Gasteiger partial charge in [0, 0.05) is 23.2 Å². The molecule has 2 heterocycles. The molecule has 1 fully saturated rings. The van der Waals surface area contributed by atoms with Crippen molar-refractivity contribution in [1.29, 1.82) is 0 Å². The third kappa shape index (κ3) is 5.24. The molecule has 0 aliphatic carbocycles. The van der Waals surface area contributed by atoms with Gasteiger partial charge < -0.3 is 9.47 Å². The van der Waals surface area contributed by atoms with Crippen LogP contribution in [0.1, 0.15) is 35.1 Å². The van der Waals surface area contributed by atoms with E-state index >= 15 is 0 Å². The monoisotopic (exact) mass is 419 g/mol. The molecule has 5 heteroatoms. The number of nitrogens with one attached hydrogen (secondary N) is 2. The largest absolute Gasteiger partial charge is 0.497 e. The Morgan fingerprint density at radius 3 is 1.74 bits per heavy atom. The number of benzene rings is 2. The maximum absolute atomic E-state index is 5.33. The summed E-state index contributed by atoms with van der Waals surface area (Å²) in [7, 11) is 3.43. The summed E-state index contributed by atoms with van der Waals surface area (Å²) < 4.78 is 10.7. The topological polar surface area (TPSA) is 40.2 Å². The first-order valence-electron chi connectivity index (χ1n) is 11.0. The molecule has 31 heavy (non-hydrogen) atoms. The van der Waals surface area contributed by atoms with Gasteiger partial charge in [-0.05, 0) is 67.6 Å². The van der Waals surface area contributed by atoms with E-state index in [4.69, 9.17) is 14.5 Å². The standard InChI is InChI=1S/C26H31N3O2/c1-20-6-4-7-25(27-20)26-28(18-21-8-12-23(30-2)13-9-21)16-5-17-29(26)19-22-10-14-24(31-3)15-11-22/h4,6-15,26H,5,16-19H2,1-3H3/p+2. The molecule has 2 N–H and O–H groups in total. The Labute approximate surface area is 185 Å². The molecule has 5 nitrogen and oxygen atoms in total. The molecule has 2 aromatic carbocycles. The van der Waals surface area contributed by atoms with Gasteiger partial charge in [0.15, 0.2) is 5.69 Å². The second-order valence-electron chi connectivity index (χ2n) is 8.36. The minimum Gasteiger partial charge on any atom is -0.497 e.